The second-order valence-electron chi connectivity index (χ2n) is 5.31. The summed E-state index contributed by atoms with van der Waals surface area (Å²) in [5.74, 6) is -0.315. The van der Waals surface area contributed by atoms with Crippen molar-refractivity contribution in [3.8, 4) is 0 Å². The van der Waals surface area contributed by atoms with E-state index in [1.54, 1.807) is 21.0 Å². The molecule has 122 valence electrons. The van der Waals surface area contributed by atoms with Crippen molar-refractivity contribution in [2.45, 2.75) is 26.8 Å². The second-order valence-corrected chi connectivity index (χ2v) is 5.31. The molecule has 0 saturated carbocycles. The van der Waals surface area contributed by atoms with Crippen molar-refractivity contribution >= 4 is 11.8 Å². The van der Waals surface area contributed by atoms with E-state index in [-0.39, 0.29) is 18.4 Å². The summed E-state index contributed by atoms with van der Waals surface area (Å²) in [5.41, 5.74) is 1.85. The van der Waals surface area contributed by atoms with Crippen molar-refractivity contribution in [1.29, 1.82) is 0 Å². The maximum absolute atomic E-state index is 12.3. The van der Waals surface area contributed by atoms with Crippen molar-refractivity contribution in [3.63, 3.8) is 0 Å². The number of hydrogen-bond acceptors (Lipinski definition) is 3. The van der Waals surface area contributed by atoms with Crippen LogP contribution >= 0.6 is 0 Å². The number of hydrogen-bond donors (Lipinski definition) is 2. The van der Waals surface area contributed by atoms with Crippen molar-refractivity contribution in [1.82, 2.24) is 15.5 Å². The number of carbonyl (C=O) groups excluding carboxylic acids is 2. The van der Waals surface area contributed by atoms with Crippen LogP contribution in [0.15, 0.2) is 48.2 Å². The average Bonchev–Trinajstić information content (AvgIpc) is 2.46. The molecule has 5 heteroatoms. The predicted molar refractivity (Wildman–Crippen MR) is 91.2 cm³/mol. The monoisotopic (exact) mass is 305 g/mol. The van der Waals surface area contributed by atoms with Crippen LogP contribution in [0.3, 0.4) is 0 Å². The number of carbonyl (C=O) groups is 2. The molecule has 0 aliphatic rings. The first-order chi connectivity index (χ1) is 10.2. The van der Waals surface area contributed by atoms with Crippen LogP contribution in [0.25, 0.3) is 0 Å². The van der Waals surface area contributed by atoms with Crippen LogP contribution in [0.5, 0.6) is 0 Å². The van der Waals surface area contributed by atoms with Gasteiger partial charge in [-0.25, -0.2) is 0 Å². The van der Waals surface area contributed by atoms with E-state index in [0.717, 1.165) is 5.57 Å². The van der Waals surface area contributed by atoms with Gasteiger partial charge in [-0.15, -0.1) is 0 Å². The molecular formula is C17H27N3O2. The fourth-order valence-corrected chi connectivity index (χ4v) is 1.57. The lowest BCUT2D eigenvalue weighted by Crippen LogP contribution is -2.45. The Kier molecular flexibility index (Phi) is 8.60. The van der Waals surface area contributed by atoms with E-state index < -0.39 is 6.04 Å². The van der Waals surface area contributed by atoms with Crippen LogP contribution < -0.4 is 10.6 Å². The molecule has 0 rings (SSSR count). The minimum atomic E-state index is -0.513. The molecule has 1 atom stereocenters. The summed E-state index contributed by atoms with van der Waals surface area (Å²) in [6.45, 7) is 13.1. The third kappa shape index (κ3) is 6.92. The van der Waals surface area contributed by atoms with Gasteiger partial charge in [-0.2, -0.15) is 0 Å². The molecule has 0 aliphatic carbocycles. The largest absolute Gasteiger partial charge is 0.373 e. The predicted octanol–water partition coefficient (Wildman–Crippen LogP) is 1.76. The molecule has 0 fully saturated rings. The van der Waals surface area contributed by atoms with Crippen LogP contribution in [-0.2, 0) is 9.59 Å². The summed E-state index contributed by atoms with van der Waals surface area (Å²) in [6, 6.07) is -0.513. The number of likely N-dealkylation sites (N-methyl/N-ethyl adjacent to an activating group) is 1. The summed E-state index contributed by atoms with van der Waals surface area (Å²) < 4.78 is 0. The van der Waals surface area contributed by atoms with Gasteiger partial charge in [0, 0.05) is 25.4 Å². The number of nitrogens with zero attached hydrogens (tertiary/aromatic N) is 1. The fourth-order valence-electron chi connectivity index (χ4n) is 1.57. The Morgan fingerprint density at radius 2 is 1.82 bits per heavy atom. The zero-order valence-corrected chi connectivity index (χ0v) is 14.2. The molecule has 0 heterocycles. The minimum absolute atomic E-state index is 0.0781. The first-order valence-electron chi connectivity index (χ1n) is 7.09. The molecule has 0 spiro atoms. The SMILES string of the molecule is C=C(CNC(=O)C(=C)C)NC(C(=O)N(C)C)/C(C)=C/C=C\C. The maximum atomic E-state index is 12.3. The minimum Gasteiger partial charge on any atom is -0.373 e. The molecule has 22 heavy (non-hydrogen) atoms. The lowest BCUT2D eigenvalue weighted by Gasteiger charge is -2.24. The van der Waals surface area contributed by atoms with Gasteiger partial charge in [0.1, 0.15) is 6.04 Å². The average molecular weight is 305 g/mol. The molecule has 0 saturated heterocycles. The van der Waals surface area contributed by atoms with Crippen LogP contribution in [0.4, 0.5) is 0 Å². The third-order valence-corrected chi connectivity index (χ3v) is 2.89. The summed E-state index contributed by atoms with van der Waals surface area (Å²) in [7, 11) is 3.40. The first-order valence-corrected chi connectivity index (χ1v) is 7.09. The molecule has 0 aliphatic heterocycles. The van der Waals surface area contributed by atoms with Crippen molar-refractivity contribution in [2.24, 2.45) is 0 Å². The molecule has 2 N–H and O–H groups in total. The van der Waals surface area contributed by atoms with Gasteiger partial charge in [-0.1, -0.05) is 31.4 Å². The molecular weight excluding hydrogens is 278 g/mol. The Morgan fingerprint density at radius 1 is 1.23 bits per heavy atom. The smallest absolute Gasteiger partial charge is 0.248 e. The molecule has 0 aromatic heterocycles. The number of amides is 2. The van der Waals surface area contributed by atoms with E-state index in [1.807, 2.05) is 32.1 Å². The van der Waals surface area contributed by atoms with Crippen molar-refractivity contribution < 1.29 is 9.59 Å². The highest BCUT2D eigenvalue weighted by Crippen LogP contribution is 2.07. The lowest BCUT2D eigenvalue weighted by molar-refractivity contribution is -0.129. The second kappa shape index (κ2) is 9.60. The van der Waals surface area contributed by atoms with Gasteiger partial charge in [-0.3, -0.25) is 9.59 Å². The number of nitrogens with one attached hydrogen (secondary N) is 2. The van der Waals surface area contributed by atoms with Gasteiger partial charge in [0.05, 0.1) is 6.54 Å². The van der Waals surface area contributed by atoms with Crippen LogP contribution in [-0.4, -0.2) is 43.4 Å². The van der Waals surface area contributed by atoms with E-state index in [4.69, 9.17) is 0 Å². The number of rotatable bonds is 8. The van der Waals surface area contributed by atoms with Crippen LogP contribution in [0, 0.1) is 0 Å². The van der Waals surface area contributed by atoms with Crippen molar-refractivity contribution in [2.75, 3.05) is 20.6 Å². The Labute approximate surface area is 133 Å². The Hall–Kier alpha value is -2.30. The normalized spacial score (nSPS) is 12.7. The van der Waals surface area contributed by atoms with Crippen molar-refractivity contribution in [3.05, 3.63) is 48.2 Å². The molecule has 0 aromatic carbocycles. The fraction of sp³-hybridized carbons (Fsp3) is 0.412. The zero-order chi connectivity index (χ0) is 17.3. The quantitative estimate of drug-likeness (QED) is 0.530. The summed E-state index contributed by atoms with van der Waals surface area (Å²) in [5, 5.41) is 5.75. The topological polar surface area (TPSA) is 61.4 Å². The zero-order valence-electron chi connectivity index (χ0n) is 14.2. The van der Waals surface area contributed by atoms with Gasteiger partial charge in [-0.05, 0) is 26.3 Å². The maximum Gasteiger partial charge on any atom is 0.248 e. The molecule has 5 nitrogen and oxygen atoms in total. The van der Waals surface area contributed by atoms with E-state index >= 15 is 0 Å². The van der Waals surface area contributed by atoms with Gasteiger partial charge in [0.15, 0.2) is 0 Å². The standard InChI is InChI=1S/C17H27N3O2/c1-8-9-10-13(4)15(17(22)20(6)7)19-14(5)11-18-16(21)12(2)3/h8-10,15,19H,2,5,11H2,1,3-4,6-7H3,(H,18,21)/b9-8-,13-10+. The number of allylic oxidation sites excluding steroid dienone is 3. The van der Waals surface area contributed by atoms with E-state index in [1.165, 1.54) is 4.90 Å². The van der Waals surface area contributed by atoms with E-state index in [2.05, 4.69) is 23.8 Å². The van der Waals surface area contributed by atoms with Gasteiger partial charge in [0.2, 0.25) is 11.8 Å². The van der Waals surface area contributed by atoms with Gasteiger partial charge >= 0.3 is 0 Å². The first kappa shape index (κ1) is 19.7. The molecule has 0 radical (unpaired) electrons. The Morgan fingerprint density at radius 3 is 2.27 bits per heavy atom. The van der Waals surface area contributed by atoms with E-state index in [9.17, 15) is 9.59 Å². The molecule has 2 amide bonds. The molecule has 0 bridgehead atoms. The highest BCUT2D eigenvalue weighted by Gasteiger charge is 2.22. The Balaban J connectivity index is 4.91. The highest BCUT2D eigenvalue weighted by molar-refractivity contribution is 5.92. The lowest BCUT2D eigenvalue weighted by atomic mass is 10.1. The summed E-state index contributed by atoms with van der Waals surface area (Å²) in [6.07, 6.45) is 5.64. The van der Waals surface area contributed by atoms with Gasteiger partial charge in [0.25, 0.3) is 0 Å². The van der Waals surface area contributed by atoms with E-state index in [0.29, 0.717) is 11.3 Å². The van der Waals surface area contributed by atoms with Crippen LogP contribution in [0.1, 0.15) is 20.8 Å². The molecule has 1 unspecified atom stereocenters. The Bertz CT molecular complexity index is 502. The van der Waals surface area contributed by atoms with Crippen LogP contribution in [0.2, 0.25) is 0 Å². The highest BCUT2D eigenvalue weighted by atomic mass is 16.2. The summed E-state index contributed by atoms with van der Waals surface area (Å²) >= 11 is 0. The van der Waals surface area contributed by atoms with Gasteiger partial charge < -0.3 is 15.5 Å². The molecule has 0 aromatic rings. The third-order valence-electron chi connectivity index (χ3n) is 2.89. The summed E-state index contributed by atoms with van der Waals surface area (Å²) in [4.78, 5) is 25.3.